The molecular formula is C19H19F3N2O2. The molecule has 1 heterocycles. The molecule has 1 N–H and O–H groups in total. The third kappa shape index (κ3) is 4.74. The number of pyridine rings is 1. The molecule has 0 aliphatic heterocycles. The van der Waals surface area contributed by atoms with E-state index < -0.39 is 11.7 Å². The van der Waals surface area contributed by atoms with Gasteiger partial charge in [-0.1, -0.05) is 6.07 Å². The number of hydrogen-bond donors (Lipinski definition) is 1. The maximum absolute atomic E-state index is 12.6. The van der Waals surface area contributed by atoms with Crippen molar-refractivity contribution in [1.82, 2.24) is 10.3 Å². The second-order valence-electron chi connectivity index (χ2n) is 6.31. The number of nitrogens with one attached hydrogen (secondary N) is 1. The van der Waals surface area contributed by atoms with E-state index >= 15 is 0 Å². The van der Waals surface area contributed by atoms with Crippen molar-refractivity contribution < 1.29 is 22.7 Å². The summed E-state index contributed by atoms with van der Waals surface area (Å²) >= 11 is 0. The molecule has 26 heavy (non-hydrogen) atoms. The molecule has 1 amide bonds. The Morgan fingerprint density at radius 1 is 1.04 bits per heavy atom. The number of carbonyl (C=O) groups is 1. The Labute approximate surface area is 149 Å². The van der Waals surface area contributed by atoms with Gasteiger partial charge >= 0.3 is 6.18 Å². The summed E-state index contributed by atoms with van der Waals surface area (Å²) in [6.07, 6.45) is 0.410. The highest BCUT2D eigenvalue weighted by atomic mass is 19.4. The van der Waals surface area contributed by atoms with Gasteiger partial charge in [0.05, 0.1) is 5.56 Å². The van der Waals surface area contributed by atoms with E-state index in [1.807, 2.05) is 12.1 Å². The van der Waals surface area contributed by atoms with Gasteiger partial charge in [0.25, 0.3) is 5.91 Å². The van der Waals surface area contributed by atoms with E-state index in [-0.39, 0.29) is 23.6 Å². The molecule has 1 saturated carbocycles. The van der Waals surface area contributed by atoms with Crippen LogP contribution in [0.2, 0.25) is 0 Å². The van der Waals surface area contributed by atoms with Crippen molar-refractivity contribution in [3.63, 3.8) is 0 Å². The monoisotopic (exact) mass is 364 g/mol. The molecule has 1 aromatic heterocycles. The lowest BCUT2D eigenvalue weighted by atomic mass is 9.92. The van der Waals surface area contributed by atoms with Crippen LogP contribution in [-0.2, 0) is 6.18 Å². The number of benzene rings is 1. The molecule has 1 aliphatic carbocycles. The molecule has 1 aromatic carbocycles. The molecule has 1 fully saturated rings. The summed E-state index contributed by atoms with van der Waals surface area (Å²) in [4.78, 5) is 16.3. The molecule has 0 spiro atoms. The lowest BCUT2D eigenvalue weighted by Gasteiger charge is -2.29. The third-order valence-corrected chi connectivity index (χ3v) is 4.41. The number of ether oxygens (including phenoxy) is 1. The summed E-state index contributed by atoms with van der Waals surface area (Å²) in [5.41, 5.74) is -0.536. The zero-order valence-electron chi connectivity index (χ0n) is 14.0. The molecule has 1 aliphatic rings. The average Bonchev–Trinajstić information content (AvgIpc) is 2.63. The Morgan fingerprint density at radius 3 is 2.31 bits per heavy atom. The van der Waals surface area contributed by atoms with Crippen molar-refractivity contribution in [3.05, 3.63) is 59.8 Å². The number of hydrogen-bond acceptors (Lipinski definition) is 3. The summed E-state index contributed by atoms with van der Waals surface area (Å²) in [5, 5.41) is 2.89. The van der Waals surface area contributed by atoms with Crippen LogP contribution in [0.1, 0.15) is 41.6 Å². The standard InChI is InChI=1S/C19H19F3N2O2/c20-19(21,22)14-6-4-13(5-7-14)18(25)24-15-8-10-16(11-9-15)26-17-3-1-2-12-23-17/h1-7,12,15-16H,8-11H2,(H,24,25). The predicted octanol–water partition coefficient (Wildman–Crippen LogP) is 4.22. The highest BCUT2D eigenvalue weighted by Crippen LogP contribution is 2.29. The number of rotatable bonds is 4. The van der Waals surface area contributed by atoms with Crippen molar-refractivity contribution in [2.75, 3.05) is 0 Å². The van der Waals surface area contributed by atoms with Crippen LogP contribution in [0.25, 0.3) is 0 Å². The Morgan fingerprint density at radius 2 is 1.73 bits per heavy atom. The highest BCUT2D eigenvalue weighted by molar-refractivity contribution is 5.94. The van der Waals surface area contributed by atoms with Crippen LogP contribution in [0, 0.1) is 0 Å². The van der Waals surface area contributed by atoms with Gasteiger partial charge in [0.15, 0.2) is 0 Å². The summed E-state index contributed by atoms with van der Waals surface area (Å²) in [7, 11) is 0. The minimum absolute atomic E-state index is 0.00613. The quantitative estimate of drug-likeness (QED) is 0.884. The molecule has 7 heteroatoms. The predicted molar refractivity (Wildman–Crippen MR) is 89.8 cm³/mol. The van der Waals surface area contributed by atoms with Crippen molar-refractivity contribution in [2.24, 2.45) is 0 Å². The van der Waals surface area contributed by atoms with Crippen LogP contribution in [0.15, 0.2) is 48.7 Å². The largest absolute Gasteiger partial charge is 0.474 e. The molecule has 0 radical (unpaired) electrons. The van der Waals surface area contributed by atoms with Crippen molar-refractivity contribution in [2.45, 2.75) is 44.0 Å². The van der Waals surface area contributed by atoms with Gasteiger partial charge in [0, 0.05) is 23.9 Å². The summed E-state index contributed by atoms with van der Waals surface area (Å²) in [6.45, 7) is 0. The molecule has 2 aromatic rings. The van der Waals surface area contributed by atoms with Gasteiger partial charge < -0.3 is 10.1 Å². The first kappa shape index (κ1) is 18.2. The molecule has 4 nitrogen and oxygen atoms in total. The molecule has 0 saturated heterocycles. The van der Waals surface area contributed by atoms with Crippen LogP contribution in [0.3, 0.4) is 0 Å². The zero-order valence-corrected chi connectivity index (χ0v) is 14.0. The van der Waals surface area contributed by atoms with Crippen LogP contribution in [-0.4, -0.2) is 23.0 Å². The molecule has 0 atom stereocenters. The number of aromatic nitrogens is 1. The van der Waals surface area contributed by atoms with E-state index in [9.17, 15) is 18.0 Å². The molecule has 138 valence electrons. The van der Waals surface area contributed by atoms with Gasteiger partial charge in [-0.05, 0) is 56.0 Å². The Kier molecular flexibility index (Phi) is 5.44. The van der Waals surface area contributed by atoms with Gasteiger partial charge in [-0.2, -0.15) is 13.2 Å². The maximum Gasteiger partial charge on any atom is 0.416 e. The smallest absolute Gasteiger partial charge is 0.416 e. The maximum atomic E-state index is 12.6. The first-order valence-corrected chi connectivity index (χ1v) is 8.47. The first-order chi connectivity index (χ1) is 12.4. The molecule has 0 unspecified atom stereocenters. The van der Waals surface area contributed by atoms with Gasteiger partial charge in [-0.15, -0.1) is 0 Å². The lowest BCUT2D eigenvalue weighted by Crippen LogP contribution is -2.39. The summed E-state index contributed by atoms with van der Waals surface area (Å²) in [6, 6.07) is 9.73. The fourth-order valence-corrected chi connectivity index (χ4v) is 2.99. The van der Waals surface area contributed by atoms with Crippen LogP contribution in [0.5, 0.6) is 5.88 Å². The third-order valence-electron chi connectivity index (χ3n) is 4.41. The summed E-state index contributed by atoms with van der Waals surface area (Å²) < 4.78 is 43.5. The van der Waals surface area contributed by atoms with Gasteiger partial charge in [-0.25, -0.2) is 4.98 Å². The Bertz CT molecular complexity index is 725. The number of nitrogens with zero attached hydrogens (tertiary/aromatic N) is 1. The Balaban J connectivity index is 1.49. The first-order valence-electron chi connectivity index (χ1n) is 8.47. The average molecular weight is 364 g/mol. The van der Waals surface area contributed by atoms with Gasteiger partial charge in [-0.3, -0.25) is 4.79 Å². The number of halogens is 3. The van der Waals surface area contributed by atoms with E-state index in [1.165, 1.54) is 12.1 Å². The number of alkyl halides is 3. The van der Waals surface area contributed by atoms with E-state index in [0.717, 1.165) is 37.8 Å². The van der Waals surface area contributed by atoms with Crippen LogP contribution < -0.4 is 10.1 Å². The minimum Gasteiger partial charge on any atom is -0.474 e. The number of carbonyl (C=O) groups excluding carboxylic acids is 1. The van der Waals surface area contributed by atoms with Gasteiger partial charge in [0.1, 0.15) is 6.10 Å². The van der Waals surface area contributed by atoms with Crippen LogP contribution in [0.4, 0.5) is 13.2 Å². The van der Waals surface area contributed by atoms with E-state index in [1.54, 1.807) is 12.3 Å². The van der Waals surface area contributed by atoms with Crippen molar-refractivity contribution in [3.8, 4) is 5.88 Å². The fourth-order valence-electron chi connectivity index (χ4n) is 2.99. The normalized spacial score (nSPS) is 20.4. The topological polar surface area (TPSA) is 51.2 Å². The summed E-state index contributed by atoms with van der Waals surface area (Å²) in [5.74, 6) is 0.234. The van der Waals surface area contributed by atoms with Crippen molar-refractivity contribution in [1.29, 1.82) is 0 Å². The lowest BCUT2D eigenvalue weighted by molar-refractivity contribution is -0.137. The molecule has 0 bridgehead atoms. The Hall–Kier alpha value is -2.57. The minimum atomic E-state index is -4.40. The van der Waals surface area contributed by atoms with E-state index in [2.05, 4.69) is 10.3 Å². The fraction of sp³-hybridized carbons (Fsp3) is 0.368. The SMILES string of the molecule is O=C(NC1CCC(Oc2ccccn2)CC1)c1ccc(C(F)(F)F)cc1. The van der Waals surface area contributed by atoms with Crippen LogP contribution >= 0.6 is 0 Å². The zero-order chi connectivity index (χ0) is 18.6. The second-order valence-corrected chi connectivity index (χ2v) is 6.31. The van der Waals surface area contributed by atoms with Crippen molar-refractivity contribution >= 4 is 5.91 Å². The number of amides is 1. The molecule has 3 rings (SSSR count). The van der Waals surface area contributed by atoms with Gasteiger partial charge in [0.2, 0.25) is 5.88 Å². The second kappa shape index (κ2) is 7.76. The highest BCUT2D eigenvalue weighted by Gasteiger charge is 2.30. The van der Waals surface area contributed by atoms with E-state index in [0.29, 0.717) is 5.88 Å². The van der Waals surface area contributed by atoms with E-state index in [4.69, 9.17) is 4.74 Å². The molecular weight excluding hydrogens is 345 g/mol.